The Bertz CT molecular complexity index is 704. The highest BCUT2D eigenvalue weighted by Gasteiger charge is 2.27. The van der Waals surface area contributed by atoms with Crippen LogP contribution in [0.2, 0.25) is 0 Å². The highest BCUT2D eigenvalue weighted by atomic mass is 19.4. The average Bonchev–Trinajstić information content (AvgIpc) is 2.91. The van der Waals surface area contributed by atoms with Crippen LogP contribution in [0, 0.1) is 0 Å². The van der Waals surface area contributed by atoms with Gasteiger partial charge in [0.25, 0.3) is 5.91 Å². The van der Waals surface area contributed by atoms with Crippen molar-refractivity contribution in [3.8, 4) is 0 Å². The number of alkyl halides is 3. The Morgan fingerprint density at radius 1 is 1.30 bits per heavy atom. The number of carbonyl (C=O) groups is 2. The zero-order chi connectivity index (χ0) is 16.9. The zero-order valence-corrected chi connectivity index (χ0v) is 11.6. The van der Waals surface area contributed by atoms with Gasteiger partial charge in [-0.3, -0.25) is 4.79 Å². The largest absolute Gasteiger partial charge is 0.452 e. The molecule has 0 aliphatic carbocycles. The molecule has 0 aliphatic heterocycles. The van der Waals surface area contributed by atoms with Crippen molar-refractivity contribution >= 4 is 29.1 Å². The van der Waals surface area contributed by atoms with Crippen LogP contribution in [0.3, 0.4) is 0 Å². The molecule has 1 heterocycles. The molecule has 1 aromatic heterocycles. The summed E-state index contributed by atoms with van der Waals surface area (Å²) in [5.74, 6) is -1.80. The van der Waals surface area contributed by atoms with Crippen molar-refractivity contribution in [2.45, 2.75) is 6.18 Å². The number of hydrogen-bond acceptors (Lipinski definition) is 5. The third-order valence-corrected chi connectivity index (χ3v) is 2.50. The first kappa shape index (κ1) is 16.5. The molecule has 1 N–H and O–H groups in total. The van der Waals surface area contributed by atoms with Crippen LogP contribution >= 0.6 is 0 Å². The van der Waals surface area contributed by atoms with Crippen molar-refractivity contribution in [3.05, 3.63) is 36.2 Å². The first-order valence-electron chi connectivity index (χ1n) is 6.37. The van der Waals surface area contributed by atoms with Crippen LogP contribution in [0.4, 0.5) is 13.2 Å². The van der Waals surface area contributed by atoms with E-state index in [0.717, 1.165) is 6.08 Å². The van der Waals surface area contributed by atoms with Crippen molar-refractivity contribution in [1.29, 1.82) is 0 Å². The predicted octanol–water partition coefficient (Wildman–Crippen LogP) is 2.06. The number of carbonyl (C=O) groups excluding carboxylic acids is 2. The fourth-order valence-electron chi connectivity index (χ4n) is 1.54. The maximum Gasteiger partial charge on any atom is 0.405 e. The number of benzene rings is 1. The number of esters is 1. The molecule has 0 radical (unpaired) electrons. The van der Waals surface area contributed by atoms with Crippen molar-refractivity contribution < 1.29 is 31.9 Å². The first-order chi connectivity index (χ1) is 10.8. The highest BCUT2D eigenvalue weighted by Crippen LogP contribution is 2.15. The molecule has 9 heteroatoms. The van der Waals surface area contributed by atoms with Crippen molar-refractivity contribution in [2.24, 2.45) is 0 Å². The maximum absolute atomic E-state index is 11.9. The Morgan fingerprint density at radius 2 is 2.04 bits per heavy atom. The summed E-state index contributed by atoms with van der Waals surface area (Å²) < 4.78 is 45.4. The number of para-hydroxylation sites is 2. The summed E-state index contributed by atoms with van der Waals surface area (Å²) >= 11 is 0. The molecule has 0 aliphatic rings. The van der Waals surface area contributed by atoms with E-state index in [1.165, 1.54) is 6.08 Å². The van der Waals surface area contributed by atoms with E-state index in [9.17, 15) is 22.8 Å². The summed E-state index contributed by atoms with van der Waals surface area (Å²) in [5.41, 5.74) is 1.14. The molecule has 0 spiro atoms. The molecule has 0 unspecified atom stereocenters. The van der Waals surface area contributed by atoms with Crippen LogP contribution < -0.4 is 5.32 Å². The van der Waals surface area contributed by atoms with Crippen LogP contribution in [-0.4, -0.2) is 36.2 Å². The van der Waals surface area contributed by atoms with Gasteiger partial charge in [-0.15, -0.1) is 0 Å². The smallest absolute Gasteiger partial charge is 0.405 e. The van der Waals surface area contributed by atoms with Crippen molar-refractivity contribution in [1.82, 2.24) is 10.3 Å². The number of aromatic nitrogens is 1. The lowest BCUT2D eigenvalue weighted by atomic mass is 10.3. The topological polar surface area (TPSA) is 81.4 Å². The molecule has 1 aromatic carbocycles. The second-order valence-electron chi connectivity index (χ2n) is 4.35. The quantitative estimate of drug-likeness (QED) is 0.671. The molecule has 122 valence electrons. The third kappa shape index (κ3) is 5.46. The van der Waals surface area contributed by atoms with Crippen LogP contribution in [0.1, 0.15) is 5.89 Å². The summed E-state index contributed by atoms with van der Waals surface area (Å²) in [6.07, 6.45) is -2.33. The van der Waals surface area contributed by atoms with E-state index < -0.39 is 31.2 Å². The second kappa shape index (κ2) is 6.95. The Kier molecular flexibility index (Phi) is 4.99. The monoisotopic (exact) mass is 328 g/mol. The molecule has 0 fully saturated rings. The molecule has 0 atom stereocenters. The van der Waals surface area contributed by atoms with Crippen LogP contribution in [0.25, 0.3) is 17.2 Å². The molecule has 2 rings (SSSR count). The van der Waals surface area contributed by atoms with E-state index >= 15 is 0 Å². The number of hydrogen-bond donors (Lipinski definition) is 1. The normalized spacial score (nSPS) is 11.8. The standard InChI is InChI=1S/C14H11F3N2O4/c15-14(16,17)8-18-11(20)7-22-13(21)6-5-12-19-9-3-1-2-4-10(9)23-12/h1-6H,7-8H2,(H,18,20)/b6-5+. The Balaban J connectivity index is 1.81. The highest BCUT2D eigenvalue weighted by molar-refractivity contribution is 5.89. The Labute approximate surface area is 127 Å². The number of amides is 1. The fraction of sp³-hybridized carbons (Fsp3) is 0.214. The molecule has 1 amide bonds. The lowest BCUT2D eigenvalue weighted by Gasteiger charge is -2.07. The minimum absolute atomic E-state index is 0.157. The molecule has 0 saturated heterocycles. The van der Waals surface area contributed by atoms with Crippen molar-refractivity contribution in [3.63, 3.8) is 0 Å². The Hall–Kier alpha value is -2.84. The van der Waals surface area contributed by atoms with E-state index in [1.54, 1.807) is 29.6 Å². The van der Waals surface area contributed by atoms with Gasteiger partial charge in [-0.2, -0.15) is 13.2 Å². The summed E-state index contributed by atoms with van der Waals surface area (Å²) in [5, 5.41) is 1.57. The molecule has 0 saturated carbocycles. The van der Waals surface area contributed by atoms with Gasteiger partial charge in [0.15, 0.2) is 12.2 Å². The van der Waals surface area contributed by atoms with Gasteiger partial charge >= 0.3 is 12.1 Å². The summed E-state index contributed by atoms with van der Waals surface area (Å²) in [7, 11) is 0. The van der Waals surface area contributed by atoms with E-state index in [0.29, 0.717) is 11.1 Å². The lowest BCUT2D eigenvalue weighted by molar-refractivity contribution is -0.148. The Morgan fingerprint density at radius 3 is 2.74 bits per heavy atom. The van der Waals surface area contributed by atoms with Gasteiger partial charge in [-0.05, 0) is 12.1 Å². The van der Waals surface area contributed by atoms with Crippen LogP contribution in [-0.2, 0) is 14.3 Å². The number of halogens is 3. The van der Waals surface area contributed by atoms with Crippen LogP contribution in [0.5, 0.6) is 0 Å². The summed E-state index contributed by atoms with van der Waals surface area (Å²) in [6.45, 7) is -2.30. The van der Waals surface area contributed by atoms with Crippen LogP contribution in [0.15, 0.2) is 34.8 Å². The summed E-state index contributed by atoms with van der Waals surface area (Å²) in [6, 6.07) is 6.95. The number of ether oxygens (including phenoxy) is 1. The van der Waals surface area contributed by atoms with Gasteiger partial charge in [0.1, 0.15) is 12.1 Å². The SMILES string of the molecule is O=C(COC(=O)/C=C/c1nc2ccccc2o1)NCC(F)(F)F. The number of rotatable bonds is 5. The molecular formula is C14H11F3N2O4. The summed E-state index contributed by atoms with van der Waals surface area (Å²) in [4.78, 5) is 26.5. The molecule has 2 aromatic rings. The van der Waals surface area contributed by atoms with E-state index in [4.69, 9.17) is 4.42 Å². The van der Waals surface area contributed by atoms with E-state index in [-0.39, 0.29) is 5.89 Å². The zero-order valence-electron chi connectivity index (χ0n) is 11.6. The lowest BCUT2D eigenvalue weighted by Crippen LogP contribution is -2.36. The minimum Gasteiger partial charge on any atom is -0.452 e. The predicted molar refractivity (Wildman–Crippen MR) is 73.1 cm³/mol. The number of oxazole rings is 1. The second-order valence-corrected chi connectivity index (χ2v) is 4.35. The maximum atomic E-state index is 11.9. The number of fused-ring (bicyclic) bond motifs is 1. The first-order valence-corrected chi connectivity index (χ1v) is 6.37. The number of nitrogens with one attached hydrogen (secondary N) is 1. The van der Waals surface area contributed by atoms with Gasteiger partial charge in [-0.25, -0.2) is 9.78 Å². The van der Waals surface area contributed by atoms with Crippen molar-refractivity contribution in [2.75, 3.05) is 13.2 Å². The van der Waals surface area contributed by atoms with Gasteiger partial charge in [0.2, 0.25) is 5.89 Å². The molecule has 6 nitrogen and oxygen atoms in total. The molecule has 23 heavy (non-hydrogen) atoms. The van der Waals surface area contributed by atoms with Gasteiger partial charge in [0, 0.05) is 12.2 Å². The van der Waals surface area contributed by atoms with E-state index in [2.05, 4.69) is 9.72 Å². The average molecular weight is 328 g/mol. The molecular weight excluding hydrogens is 317 g/mol. The number of nitrogens with zero attached hydrogens (tertiary/aromatic N) is 1. The molecule has 0 bridgehead atoms. The van der Waals surface area contributed by atoms with Gasteiger partial charge in [0.05, 0.1) is 0 Å². The third-order valence-electron chi connectivity index (χ3n) is 2.50. The van der Waals surface area contributed by atoms with Gasteiger partial charge < -0.3 is 14.5 Å². The van der Waals surface area contributed by atoms with Gasteiger partial charge in [-0.1, -0.05) is 12.1 Å². The minimum atomic E-state index is -4.52. The van der Waals surface area contributed by atoms with E-state index in [1.807, 2.05) is 0 Å². The fourth-order valence-corrected chi connectivity index (χ4v) is 1.54.